The fourth-order valence-corrected chi connectivity index (χ4v) is 4.59. The van der Waals surface area contributed by atoms with E-state index in [0.29, 0.717) is 12.6 Å². The van der Waals surface area contributed by atoms with Gasteiger partial charge in [-0.2, -0.15) is 0 Å². The van der Waals surface area contributed by atoms with Crippen LogP contribution >= 0.6 is 35.3 Å². The number of nitrogens with zero attached hydrogens (tertiary/aromatic N) is 4. The molecular weight excluding hydrogens is 535 g/mol. The van der Waals surface area contributed by atoms with Crippen LogP contribution in [0.4, 0.5) is 5.82 Å². The van der Waals surface area contributed by atoms with Crippen molar-refractivity contribution in [1.29, 1.82) is 0 Å². The van der Waals surface area contributed by atoms with Crippen molar-refractivity contribution < 1.29 is 4.74 Å². The Bertz CT molecular complexity index is 776. The molecule has 178 valence electrons. The summed E-state index contributed by atoms with van der Waals surface area (Å²) < 4.78 is 5.55. The maximum Gasteiger partial charge on any atom is 0.191 e. The Kier molecular flexibility index (Phi) is 12.3. The van der Waals surface area contributed by atoms with Gasteiger partial charge in [-0.1, -0.05) is 12.1 Å². The summed E-state index contributed by atoms with van der Waals surface area (Å²) in [5.41, 5.74) is 1.11. The zero-order chi connectivity index (χ0) is 21.9. The topological polar surface area (TPSA) is 65.0 Å². The molecule has 0 bridgehead atoms. The molecule has 2 aromatic rings. The highest BCUT2D eigenvalue weighted by Crippen LogP contribution is 2.25. The summed E-state index contributed by atoms with van der Waals surface area (Å²) in [6, 6.07) is 8.88. The first kappa shape index (κ1) is 26.8. The zero-order valence-electron chi connectivity index (χ0n) is 19.4. The highest BCUT2D eigenvalue weighted by Gasteiger charge is 2.23. The number of aliphatic imine (C=N–C) groups is 1. The number of hydrogen-bond donors (Lipinski definition) is 2. The molecule has 0 aromatic carbocycles. The zero-order valence-corrected chi connectivity index (χ0v) is 22.6. The summed E-state index contributed by atoms with van der Waals surface area (Å²) in [4.78, 5) is 15.5. The molecule has 7 nitrogen and oxygen atoms in total. The van der Waals surface area contributed by atoms with E-state index in [1.54, 1.807) is 0 Å². The highest BCUT2D eigenvalue weighted by molar-refractivity contribution is 14.0. The quantitative estimate of drug-likeness (QED) is 0.257. The molecule has 0 spiro atoms. The van der Waals surface area contributed by atoms with Crippen LogP contribution in [0.1, 0.15) is 37.3 Å². The minimum Gasteiger partial charge on any atom is -0.379 e. The number of halogens is 1. The fraction of sp³-hybridized carbons (Fsp3) is 0.565. The normalized spacial score (nSPS) is 15.7. The van der Waals surface area contributed by atoms with Crippen LogP contribution < -0.4 is 15.5 Å². The van der Waals surface area contributed by atoms with Crippen molar-refractivity contribution in [3.63, 3.8) is 0 Å². The molecule has 2 N–H and O–H groups in total. The first-order valence-corrected chi connectivity index (χ1v) is 12.2. The number of ether oxygens (including phenoxy) is 1. The van der Waals surface area contributed by atoms with Crippen molar-refractivity contribution in [2.24, 2.45) is 4.99 Å². The molecule has 2 aromatic heterocycles. The lowest BCUT2D eigenvalue weighted by molar-refractivity contribution is 0.0177. The SMILES string of the molecule is CCNC(=NCc1ccc(N(CC)CC)nc1)NCC(c1cccs1)N1CCOCC1.I. The number of pyridine rings is 1. The van der Waals surface area contributed by atoms with Crippen LogP contribution in [-0.2, 0) is 11.3 Å². The predicted molar refractivity (Wildman–Crippen MR) is 145 cm³/mol. The summed E-state index contributed by atoms with van der Waals surface area (Å²) in [6.07, 6.45) is 1.93. The second-order valence-corrected chi connectivity index (χ2v) is 8.43. The molecule has 9 heteroatoms. The third-order valence-corrected chi connectivity index (χ3v) is 6.45. The third kappa shape index (κ3) is 7.86. The van der Waals surface area contributed by atoms with Gasteiger partial charge in [0.2, 0.25) is 0 Å². The summed E-state index contributed by atoms with van der Waals surface area (Å²) in [7, 11) is 0. The molecule has 32 heavy (non-hydrogen) atoms. The third-order valence-electron chi connectivity index (χ3n) is 5.48. The highest BCUT2D eigenvalue weighted by atomic mass is 127. The molecule has 3 rings (SSSR count). The molecule has 1 aliphatic rings. The lowest BCUT2D eigenvalue weighted by Crippen LogP contribution is -2.46. The van der Waals surface area contributed by atoms with Gasteiger partial charge < -0.3 is 20.3 Å². The van der Waals surface area contributed by atoms with E-state index in [1.165, 1.54) is 4.88 Å². The van der Waals surface area contributed by atoms with Gasteiger partial charge in [0, 0.05) is 50.3 Å². The Hall–Kier alpha value is -1.43. The van der Waals surface area contributed by atoms with Crippen molar-refractivity contribution >= 4 is 47.1 Å². The van der Waals surface area contributed by atoms with Crippen LogP contribution in [-0.4, -0.2) is 68.3 Å². The number of guanidine groups is 1. The van der Waals surface area contributed by atoms with E-state index in [0.717, 1.165) is 69.8 Å². The van der Waals surface area contributed by atoms with E-state index in [2.05, 4.69) is 75.8 Å². The summed E-state index contributed by atoms with van der Waals surface area (Å²) in [5.74, 6) is 1.86. The first-order chi connectivity index (χ1) is 15.2. The molecule has 1 atom stereocenters. The number of rotatable bonds is 10. The standard InChI is InChI=1S/C23H36N6OS.HI/c1-4-24-23(26-17-19-9-10-22(25-16-19)28(5-2)6-3)27-18-20(21-8-7-15-31-21)29-11-13-30-14-12-29;/h7-10,15-16,20H,4-6,11-14,17-18H2,1-3H3,(H2,24,26,27);1H. The van der Waals surface area contributed by atoms with Crippen molar-refractivity contribution in [2.75, 3.05) is 57.4 Å². The van der Waals surface area contributed by atoms with Crippen LogP contribution in [0.5, 0.6) is 0 Å². The van der Waals surface area contributed by atoms with Crippen molar-refractivity contribution in [1.82, 2.24) is 20.5 Å². The monoisotopic (exact) mass is 572 g/mol. The lowest BCUT2D eigenvalue weighted by atomic mass is 10.2. The number of aromatic nitrogens is 1. The molecule has 0 saturated carbocycles. The number of hydrogen-bond acceptors (Lipinski definition) is 6. The smallest absolute Gasteiger partial charge is 0.191 e. The van der Waals surface area contributed by atoms with E-state index in [1.807, 2.05) is 17.5 Å². The largest absolute Gasteiger partial charge is 0.379 e. The van der Waals surface area contributed by atoms with Crippen molar-refractivity contribution in [2.45, 2.75) is 33.4 Å². The van der Waals surface area contributed by atoms with E-state index < -0.39 is 0 Å². The van der Waals surface area contributed by atoms with Crippen molar-refractivity contribution in [3.05, 3.63) is 46.3 Å². The van der Waals surface area contributed by atoms with E-state index in [4.69, 9.17) is 9.73 Å². The molecule has 0 aliphatic carbocycles. The average Bonchev–Trinajstić information content (AvgIpc) is 3.34. The van der Waals surface area contributed by atoms with Gasteiger partial charge in [-0.3, -0.25) is 4.90 Å². The van der Waals surface area contributed by atoms with Crippen molar-refractivity contribution in [3.8, 4) is 0 Å². The van der Waals surface area contributed by atoms with E-state index >= 15 is 0 Å². The van der Waals surface area contributed by atoms with Crippen LogP contribution in [0.15, 0.2) is 40.8 Å². The molecule has 1 fully saturated rings. The van der Waals surface area contributed by atoms with Crippen LogP contribution in [0.2, 0.25) is 0 Å². The van der Waals surface area contributed by atoms with Gasteiger partial charge in [0.1, 0.15) is 5.82 Å². The fourth-order valence-electron chi connectivity index (χ4n) is 3.73. The number of anilines is 1. The second kappa shape index (κ2) is 14.7. The number of nitrogens with one attached hydrogen (secondary N) is 2. The van der Waals surface area contributed by atoms with Crippen LogP contribution in [0.3, 0.4) is 0 Å². The van der Waals surface area contributed by atoms with Gasteiger partial charge in [-0.25, -0.2) is 9.98 Å². The Morgan fingerprint density at radius 2 is 1.97 bits per heavy atom. The number of thiophene rings is 1. The number of morpholine rings is 1. The molecule has 1 aliphatic heterocycles. The van der Waals surface area contributed by atoms with E-state index in [-0.39, 0.29) is 24.0 Å². The van der Waals surface area contributed by atoms with Gasteiger partial charge in [0.25, 0.3) is 0 Å². The van der Waals surface area contributed by atoms with Gasteiger partial charge >= 0.3 is 0 Å². The Balaban J connectivity index is 0.00000363. The molecule has 0 amide bonds. The maximum atomic E-state index is 5.55. The predicted octanol–water partition coefficient (Wildman–Crippen LogP) is 3.74. The van der Waals surface area contributed by atoms with Gasteiger partial charge in [0.05, 0.1) is 25.8 Å². The van der Waals surface area contributed by atoms with Gasteiger partial charge in [-0.15, -0.1) is 35.3 Å². The molecule has 3 heterocycles. The summed E-state index contributed by atoms with van der Waals surface area (Å²) in [5, 5.41) is 9.08. The Morgan fingerprint density at radius 1 is 1.19 bits per heavy atom. The van der Waals surface area contributed by atoms with Gasteiger partial charge in [0.15, 0.2) is 5.96 Å². The summed E-state index contributed by atoms with van der Waals surface area (Å²) in [6.45, 7) is 14.1. The molecular formula is C23H37IN6OS. The van der Waals surface area contributed by atoms with Crippen LogP contribution in [0, 0.1) is 0 Å². The minimum absolute atomic E-state index is 0. The molecule has 0 radical (unpaired) electrons. The molecule has 1 unspecified atom stereocenters. The summed E-state index contributed by atoms with van der Waals surface area (Å²) >= 11 is 1.81. The lowest BCUT2D eigenvalue weighted by Gasteiger charge is -2.34. The Morgan fingerprint density at radius 3 is 2.56 bits per heavy atom. The van der Waals surface area contributed by atoms with E-state index in [9.17, 15) is 0 Å². The second-order valence-electron chi connectivity index (χ2n) is 7.45. The maximum absolute atomic E-state index is 5.55. The van der Waals surface area contributed by atoms with Crippen LogP contribution in [0.25, 0.3) is 0 Å². The van der Waals surface area contributed by atoms with Gasteiger partial charge in [-0.05, 0) is 43.8 Å². The minimum atomic E-state index is 0. The average molecular weight is 573 g/mol. The first-order valence-electron chi connectivity index (χ1n) is 11.3. The molecule has 1 saturated heterocycles. The Labute approximate surface area is 213 Å².